The number of nitrogens with one attached hydrogen (secondary N) is 2. The first-order valence-electron chi connectivity index (χ1n) is 8.85. The molecule has 0 fully saturated rings. The van der Waals surface area contributed by atoms with Crippen LogP contribution in [0.25, 0.3) is 10.9 Å². The number of anilines is 4. The second-order valence-corrected chi connectivity index (χ2v) is 6.09. The minimum atomic E-state index is 0.490. The highest BCUT2D eigenvalue weighted by atomic mass is 16.5. The molecule has 0 aliphatic heterocycles. The van der Waals surface area contributed by atoms with Gasteiger partial charge in [0.15, 0.2) is 0 Å². The predicted octanol–water partition coefficient (Wildman–Crippen LogP) is 5.13. The van der Waals surface area contributed by atoms with E-state index in [-0.39, 0.29) is 0 Å². The molecule has 0 amide bonds. The summed E-state index contributed by atoms with van der Waals surface area (Å²) in [7, 11) is 3.29. The zero-order valence-electron chi connectivity index (χ0n) is 15.6. The van der Waals surface area contributed by atoms with Crippen LogP contribution < -0.4 is 20.1 Å². The Labute approximate surface area is 163 Å². The number of hydrogen-bond acceptors (Lipinski definition) is 6. The van der Waals surface area contributed by atoms with Gasteiger partial charge in [0.2, 0.25) is 5.95 Å². The maximum Gasteiger partial charge on any atom is 0.229 e. The minimum absolute atomic E-state index is 0.490. The molecule has 140 valence electrons. The maximum absolute atomic E-state index is 5.54. The van der Waals surface area contributed by atoms with E-state index in [2.05, 4.69) is 15.6 Å². The van der Waals surface area contributed by atoms with Gasteiger partial charge in [0.05, 0.1) is 25.1 Å². The Balaban J connectivity index is 1.77. The number of benzene rings is 3. The van der Waals surface area contributed by atoms with Crippen LogP contribution in [0.5, 0.6) is 11.5 Å². The van der Waals surface area contributed by atoms with Crippen LogP contribution in [0, 0.1) is 0 Å². The van der Waals surface area contributed by atoms with E-state index < -0.39 is 0 Å². The molecule has 0 atom stereocenters. The lowest BCUT2D eigenvalue weighted by Crippen LogP contribution is -2.03. The first kappa shape index (κ1) is 17.6. The molecule has 4 aromatic rings. The van der Waals surface area contributed by atoms with Gasteiger partial charge in [0.25, 0.3) is 0 Å². The second-order valence-electron chi connectivity index (χ2n) is 6.09. The minimum Gasteiger partial charge on any atom is -0.497 e. The molecule has 4 rings (SSSR count). The van der Waals surface area contributed by atoms with E-state index in [1.165, 1.54) is 0 Å². The number of para-hydroxylation sites is 1. The van der Waals surface area contributed by atoms with Crippen LogP contribution in [0.1, 0.15) is 0 Å². The molecule has 0 saturated heterocycles. The fourth-order valence-electron chi connectivity index (χ4n) is 2.93. The van der Waals surface area contributed by atoms with Gasteiger partial charge >= 0.3 is 0 Å². The topological polar surface area (TPSA) is 68.3 Å². The third-order valence-electron chi connectivity index (χ3n) is 4.29. The van der Waals surface area contributed by atoms with Crippen molar-refractivity contribution < 1.29 is 9.47 Å². The molecule has 0 unspecified atom stereocenters. The third-order valence-corrected chi connectivity index (χ3v) is 4.29. The van der Waals surface area contributed by atoms with Gasteiger partial charge in [-0.2, -0.15) is 4.98 Å². The second kappa shape index (κ2) is 7.84. The number of methoxy groups -OCH3 is 2. The Morgan fingerprint density at radius 1 is 0.679 bits per heavy atom. The number of hydrogen-bond donors (Lipinski definition) is 2. The molecule has 28 heavy (non-hydrogen) atoms. The molecule has 0 radical (unpaired) electrons. The first-order valence-corrected chi connectivity index (χ1v) is 8.85. The van der Waals surface area contributed by atoms with Crippen LogP contribution in [0.3, 0.4) is 0 Å². The molecule has 0 saturated carbocycles. The average Bonchev–Trinajstić information content (AvgIpc) is 2.74. The van der Waals surface area contributed by atoms with Crippen molar-refractivity contribution in [2.75, 3.05) is 24.9 Å². The van der Waals surface area contributed by atoms with Crippen LogP contribution in [0.15, 0.2) is 72.8 Å². The van der Waals surface area contributed by atoms with E-state index in [0.717, 1.165) is 28.0 Å². The zero-order chi connectivity index (χ0) is 19.3. The summed E-state index contributed by atoms with van der Waals surface area (Å²) in [5.41, 5.74) is 2.58. The highest BCUT2D eigenvalue weighted by Crippen LogP contribution is 2.33. The normalized spacial score (nSPS) is 10.5. The Morgan fingerprint density at radius 2 is 1.43 bits per heavy atom. The first-order chi connectivity index (χ1) is 13.8. The highest BCUT2D eigenvalue weighted by molar-refractivity contribution is 5.97. The third kappa shape index (κ3) is 3.66. The summed E-state index contributed by atoms with van der Waals surface area (Å²) < 4.78 is 10.7. The zero-order valence-corrected chi connectivity index (χ0v) is 15.6. The van der Waals surface area contributed by atoms with Crippen molar-refractivity contribution in [3.63, 3.8) is 0 Å². The van der Waals surface area contributed by atoms with Crippen molar-refractivity contribution in [2.24, 2.45) is 0 Å². The number of fused-ring (bicyclic) bond motifs is 1. The van der Waals surface area contributed by atoms with Gasteiger partial charge in [0.1, 0.15) is 17.3 Å². The van der Waals surface area contributed by atoms with E-state index in [1.807, 2.05) is 72.8 Å². The van der Waals surface area contributed by atoms with Gasteiger partial charge in [-0.1, -0.05) is 24.3 Å². The molecule has 0 aliphatic carbocycles. The summed E-state index contributed by atoms with van der Waals surface area (Å²) in [6.07, 6.45) is 0. The summed E-state index contributed by atoms with van der Waals surface area (Å²) in [6.45, 7) is 0. The Morgan fingerprint density at radius 3 is 2.14 bits per heavy atom. The molecule has 1 heterocycles. The summed E-state index contributed by atoms with van der Waals surface area (Å²) in [6, 6.07) is 23.2. The fourth-order valence-corrected chi connectivity index (χ4v) is 2.93. The molecular formula is C22H20N4O2. The van der Waals surface area contributed by atoms with Gasteiger partial charge in [-0.3, -0.25) is 0 Å². The van der Waals surface area contributed by atoms with E-state index in [1.54, 1.807) is 14.2 Å². The molecule has 6 heteroatoms. The smallest absolute Gasteiger partial charge is 0.229 e. The quantitative estimate of drug-likeness (QED) is 0.489. The molecule has 1 aromatic heterocycles. The lowest BCUT2D eigenvalue weighted by Gasteiger charge is -2.14. The monoisotopic (exact) mass is 372 g/mol. The standard InChI is InChI=1S/C22H20N4O2/c1-27-17-13-11-16(12-14-17)24-22-25-18-9-6-10-19(28-2)20(18)21(26-22)23-15-7-4-3-5-8-15/h3-14H,1-2H3,(H2,23,24,25,26). The number of nitrogens with zero attached hydrogens (tertiary/aromatic N) is 2. The summed E-state index contributed by atoms with van der Waals surface area (Å²) in [5.74, 6) is 2.67. The van der Waals surface area contributed by atoms with Crippen molar-refractivity contribution in [1.82, 2.24) is 9.97 Å². The van der Waals surface area contributed by atoms with Gasteiger partial charge < -0.3 is 20.1 Å². The van der Waals surface area contributed by atoms with Gasteiger partial charge in [-0.05, 0) is 48.5 Å². The molecule has 0 aliphatic rings. The molecule has 0 bridgehead atoms. The highest BCUT2D eigenvalue weighted by Gasteiger charge is 2.13. The van der Waals surface area contributed by atoms with Crippen LogP contribution in [0.2, 0.25) is 0 Å². The number of rotatable bonds is 6. The lowest BCUT2D eigenvalue weighted by molar-refractivity contribution is 0.415. The van der Waals surface area contributed by atoms with Crippen LogP contribution in [-0.4, -0.2) is 24.2 Å². The van der Waals surface area contributed by atoms with Gasteiger partial charge in [-0.15, -0.1) is 0 Å². The van der Waals surface area contributed by atoms with Crippen LogP contribution in [-0.2, 0) is 0 Å². The molecular weight excluding hydrogens is 352 g/mol. The van der Waals surface area contributed by atoms with Crippen molar-refractivity contribution >= 4 is 34.0 Å². The SMILES string of the molecule is COc1ccc(Nc2nc(Nc3ccccc3)c3c(OC)cccc3n2)cc1. The van der Waals surface area contributed by atoms with Gasteiger partial charge in [0, 0.05) is 11.4 Å². The van der Waals surface area contributed by atoms with Crippen LogP contribution in [0.4, 0.5) is 23.1 Å². The lowest BCUT2D eigenvalue weighted by atomic mass is 10.2. The fraction of sp³-hybridized carbons (Fsp3) is 0.0909. The van der Waals surface area contributed by atoms with Crippen molar-refractivity contribution in [3.05, 3.63) is 72.8 Å². The van der Waals surface area contributed by atoms with Crippen molar-refractivity contribution in [2.45, 2.75) is 0 Å². The van der Waals surface area contributed by atoms with Crippen LogP contribution >= 0.6 is 0 Å². The van der Waals surface area contributed by atoms with E-state index in [9.17, 15) is 0 Å². The molecule has 6 nitrogen and oxygen atoms in total. The molecule has 0 spiro atoms. The Hall–Kier alpha value is -3.80. The number of aromatic nitrogens is 2. The Bertz CT molecular complexity index is 1080. The van der Waals surface area contributed by atoms with Crippen molar-refractivity contribution in [1.29, 1.82) is 0 Å². The average molecular weight is 372 g/mol. The summed E-state index contributed by atoms with van der Waals surface area (Å²) in [4.78, 5) is 9.35. The molecule has 2 N–H and O–H groups in total. The van der Waals surface area contributed by atoms with E-state index >= 15 is 0 Å². The largest absolute Gasteiger partial charge is 0.497 e. The van der Waals surface area contributed by atoms with Crippen molar-refractivity contribution in [3.8, 4) is 11.5 Å². The maximum atomic E-state index is 5.54. The summed E-state index contributed by atoms with van der Waals surface area (Å²) >= 11 is 0. The van der Waals surface area contributed by atoms with E-state index in [0.29, 0.717) is 17.5 Å². The predicted molar refractivity (Wildman–Crippen MR) is 112 cm³/mol. The Kier molecular flexibility index (Phi) is 4.93. The van der Waals surface area contributed by atoms with E-state index in [4.69, 9.17) is 14.5 Å². The summed E-state index contributed by atoms with van der Waals surface area (Å²) in [5, 5.41) is 7.46. The molecule has 3 aromatic carbocycles. The van der Waals surface area contributed by atoms with Gasteiger partial charge in [-0.25, -0.2) is 4.98 Å². The number of ether oxygens (including phenoxy) is 2.